The summed E-state index contributed by atoms with van der Waals surface area (Å²) >= 11 is 0. The Kier molecular flexibility index (Phi) is 3.69. The molecular weight excluding hydrogens is 266 g/mol. The SMILES string of the molecule is O=C(Oc1ccccc1)c1ccc(NC(=O)C2CC2)cc1. The van der Waals surface area contributed by atoms with E-state index in [-0.39, 0.29) is 11.8 Å². The number of ether oxygens (including phenoxy) is 1. The van der Waals surface area contributed by atoms with Crippen LogP contribution in [0.15, 0.2) is 54.6 Å². The van der Waals surface area contributed by atoms with E-state index in [0.717, 1.165) is 12.8 Å². The maximum atomic E-state index is 12.0. The molecule has 0 heterocycles. The van der Waals surface area contributed by atoms with E-state index in [1.165, 1.54) is 0 Å². The second-order valence-corrected chi connectivity index (χ2v) is 5.04. The van der Waals surface area contributed by atoms with Crippen molar-refractivity contribution in [2.45, 2.75) is 12.8 Å². The van der Waals surface area contributed by atoms with Crippen LogP contribution in [0.25, 0.3) is 0 Å². The number of para-hydroxylation sites is 1. The molecule has 0 bridgehead atoms. The first-order valence-corrected chi connectivity index (χ1v) is 6.90. The summed E-state index contributed by atoms with van der Waals surface area (Å²) in [5.41, 5.74) is 1.14. The highest BCUT2D eigenvalue weighted by Gasteiger charge is 2.29. The van der Waals surface area contributed by atoms with Gasteiger partial charge in [0, 0.05) is 11.6 Å². The second-order valence-electron chi connectivity index (χ2n) is 5.04. The van der Waals surface area contributed by atoms with E-state index in [2.05, 4.69) is 5.32 Å². The van der Waals surface area contributed by atoms with Crippen LogP contribution >= 0.6 is 0 Å². The van der Waals surface area contributed by atoms with E-state index in [0.29, 0.717) is 17.0 Å². The molecule has 4 nitrogen and oxygen atoms in total. The summed E-state index contributed by atoms with van der Waals surface area (Å²) < 4.78 is 5.24. The van der Waals surface area contributed by atoms with Crippen LogP contribution in [0.1, 0.15) is 23.2 Å². The topological polar surface area (TPSA) is 55.4 Å². The average molecular weight is 281 g/mol. The van der Waals surface area contributed by atoms with Crippen LogP contribution in [0.3, 0.4) is 0 Å². The zero-order valence-corrected chi connectivity index (χ0v) is 11.4. The molecule has 2 aromatic carbocycles. The molecule has 3 rings (SSSR count). The van der Waals surface area contributed by atoms with Gasteiger partial charge in [-0.15, -0.1) is 0 Å². The van der Waals surface area contributed by atoms with Crippen LogP contribution in [0, 0.1) is 5.92 Å². The lowest BCUT2D eigenvalue weighted by Gasteiger charge is -2.06. The van der Waals surface area contributed by atoms with Gasteiger partial charge in [-0.05, 0) is 49.2 Å². The highest BCUT2D eigenvalue weighted by atomic mass is 16.5. The number of carbonyl (C=O) groups excluding carboxylic acids is 2. The molecule has 0 aromatic heterocycles. The molecule has 0 saturated heterocycles. The number of anilines is 1. The summed E-state index contributed by atoms with van der Waals surface area (Å²) in [6.45, 7) is 0. The number of esters is 1. The lowest BCUT2D eigenvalue weighted by molar-refractivity contribution is -0.117. The molecule has 0 atom stereocenters. The van der Waals surface area contributed by atoms with Crippen molar-refractivity contribution in [3.8, 4) is 5.75 Å². The van der Waals surface area contributed by atoms with Gasteiger partial charge in [-0.2, -0.15) is 0 Å². The Hall–Kier alpha value is -2.62. The van der Waals surface area contributed by atoms with E-state index in [9.17, 15) is 9.59 Å². The predicted octanol–water partition coefficient (Wildman–Crippen LogP) is 3.25. The molecule has 1 amide bonds. The van der Waals surface area contributed by atoms with E-state index < -0.39 is 5.97 Å². The Labute approximate surface area is 122 Å². The van der Waals surface area contributed by atoms with Crippen LogP contribution in [-0.2, 0) is 4.79 Å². The Bertz CT molecular complexity index is 645. The molecule has 106 valence electrons. The van der Waals surface area contributed by atoms with Crippen LogP contribution in [0.5, 0.6) is 5.75 Å². The highest BCUT2D eigenvalue weighted by molar-refractivity contribution is 5.95. The first kappa shape index (κ1) is 13.4. The Balaban J connectivity index is 1.63. The van der Waals surface area contributed by atoms with E-state index in [1.54, 1.807) is 48.5 Å². The molecule has 21 heavy (non-hydrogen) atoms. The van der Waals surface area contributed by atoms with Gasteiger partial charge in [0.15, 0.2) is 0 Å². The van der Waals surface area contributed by atoms with Gasteiger partial charge in [-0.1, -0.05) is 18.2 Å². The zero-order chi connectivity index (χ0) is 14.7. The summed E-state index contributed by atoms with van der Waals surface area (Å²) in [6, 6.07) is 15.6. The fourth-order valence-electron chi connectivity index (χ4n) is 1.93. The fraction of sp³-hybridized carbons (Fsp3) is 0.176. The quantitative estimate of drug-likeness (QED) is 0.691. The normalized spacial score (nSPS) is 13.5. The molecule has 1 saturated carbocycles. The number of amides is 1. The standard InChI is InChI=1S/C17H15NO3/c19-16(12-6-7-12)18-14-10-8-13(9-11-14)17(20)21-15-4-2-1-3-5-15/h1-5,8-12H,6-7H2,(H,18,19). The summed E-state index contributed by atoms with van der Waals surface area (Å²) in [5, 5.41) is 2.83. The molecule has 0 aliphatic heterocycles. The predicted molar refractivity (Wildman–Crippen MR) is 79.2 cm³/mol. The third-order valence-electron chi connectivity index (χ3n) is 3.29. The number of benzene rings is 2. The Morgan fingerprint density at radius 1 is 0.952 bits per heavy atom. The van der Waals surface area contributed by atoms with Crippen LogP contribution in [0.4, 0.5) is 5.69 Å². The van der Waals surface area contributed by atoms with E-state index in [4.69, 9.17) is 4.74 Å². The summed E-state index contributed by atoms with van der Waals surface area (Å²) in [7, 11) is 0. The molecular formula is C17H15NO3. The minimum absolute atomic E-state index is 0.0506. The van der Waals surface area contributed by atoms with Gasteiger partial charge in [0.1, 0.15) is 5.75 Å². The zero-order valence-electron chi connectivity index (χ0n) is 11.4. The summed E-state index contributed by atoms with van der Waals surface area (Å²) in [4.78, 5) is 23.6. The van der Waals surface area contributed by atoms with Crippen molar-refractivity contribution >= 4 is 17.6 Å². The van der Waals surface area contributed by atoms with Crippen LogP contribution in [0.2, 0.25) is 0 Å². The number of rotatable bonds is 4. The van der Waals surface area contributed by atoms with Gasteiger partial charge in [-0.25, -0.2) is 4.79 Å². The summed E-state index contributed by atoms with van der Waals surface area (Å²) in [5.74, 6) is 0.303. The molecule has 0 unspecified atom stereocenters. The highest BCUT2D eigenvalue weighted by Crippen LogP contribution is 2.30. The number of carbonyl (C=O) groups is 2. The minimum Gasteiger partial charge on any atom is -0.423 e. The maximum absolute atomic E-state index is 12.0. The molecule has 0 radical (unpaired) electrons. The molecule has 4 heteroatoms. The van der Waals surface area contributed by atoms with E-state index >= 15 is 0 Å². The first-order valence-electron chi connectivity index (χ1n) is 6.90. The lowest BCUT2D eigenvalue weighted by atomic mass is 10.2. The fourth-order valence-corrected chi connectivity index (χ4v) is 1.93. The summed E-state index contributed by atoms with van der Waals surface area (Å²) in [6.07, 6.45) is 1.93. The van der Waals surface area contributed by atoms with E-state index in [1.807, 2.05) is 6.07 Å². The van der Waals surface area contributed by atoms with Gasteiger partial charge in [-0.3, -0.25) is 4.79 Å². The lowest BCUT2D eigenvalue weighted by Crippen LogP contribution is -2.13. The molecule has 0 spiro atoms. The van der Waals surface area contributed by atoms with Crippen molar-refractivity contribution in [3.63, 3.8) is 0 Å². The maximum Gasteiger partial charge on any atom is 0.343 e. The smallest absolute Gasteiger partial charge is 0.343 e. The Morgan fingerprint density at radius 2 is 1.62 bits per heavy atom. The third kappa shape index (κ3) is 3.48. The monoisotopic (exact) mass is 281 g/mol. The largest absolute Gasteiger partial charge is 0.423 e. The molecule has 1 fully saturated rings. The molecule has 1 aliphatic carbocycles. The van der Waals surface area contributed by atoms with Crippen LogP contribution in [-0.4, -0.2) is 11.9 Å². The average Bonchev–Trinajstić information content (AvgIpc) is 3.33. The third-order valence-corrected chi connectivity index (χ3v) is 3.29. The van der Waals surface area contributed by atoms with Crippen molar-refractivity contribution in [1.82, 2.24) is 0 Å². The van der Waals surface area contributed by atoms with Gasteiger partial charge >= 0.3 is 5.97 Å². The van der Waals surface area contributed by atoms with Crippen molar-refractivity contribution in [1.29, 1.82) is 0 Å². The van der Waals surface area contributed by atoms with Crippen LogP contribution < -0.4 is 10.1 Å². The number of nitrogens with one attached hydrogen (secondary N) is 1. The second kappa shape index (κ2) is 5.79. The van der Waals surface area contributed by atoms with Crippen molar-refractivity contribution < 1.29 is 14.3 Å². The van der Waals surface area contributed by atoms with Gasteiger partial charge in [0.05, 0.1) is 5.56 Å². The first-order chi connectivity index (χ1) is 10.2. The number of hydrogen-bond acceptors (Lipinski definition) is 3. The van der Waals surface area contributed by atoms with Gasteiger partial charge < -0.3 is 10.1 Å². The molecule has 2 aromatic rings. The van der Waals surface area contributed by atoms with Gasteiger partial charge in [0.2, 0.25) is 5.91 Å². The minimum atomic E-state index is -0.415. The van der Waals surface area contributed by atoms with Crippen molar-refractivity contribution in [3.05, 3.63) is 60.2 Å². The van der Waals surface area contributed by atoms with Crippen molar-refractivity contribution in [2.24, 2.45) is 5.92 Å². The number of hydrogen-bond donors (Lipinski definition) is 1. The molecule has 1 N–H and O–H groups in total. The van der Waals surface area contributed by atoms with Crippen molar-refractivity contribution in [2.75, 3.05) is 5.32 Å². The Morgan fingerprint density at radius 3 is 2.24 bits per heavy atom. The molecule has 1 aliphatic rings. The van der Waals surface area contributed by atoms with Gasteiger partial charge in [0.25, 0.3) is 0 Å².